The summed E-state index contributed by atoms with van der Waals surface area (Å²) in [4.78, 5) is 12.3. The summed E-state index contributed by atoms with van der Waals surface area (Å²) in [5.41, 5.74) is 0. The van der Waals surface area contributed by atoms with Gasteiger partial charge in [0, 0.05) is 6.42 Å². The first-order valence-corrected chi connectivity index (χ1v) is 19.7. The van der Waals surface area contributed by atoms with Crippen molar-refractivity contribution in [3.8, 4) is 0 Å². The SMILES string of the molecule is CCCCCCCCCCC/C=C/CC/C=C/CC/C=C/C(O)C(CO)NC(=O)CCCCCCCCCCCCCCCC. The van der Waals surface area contributed by atoms with Crippen LogP contribution in [-0.2, 0) is 4.79 Å². The second kappa shape index (κ2) is 37.1. The molecule has 2 atom stereocenters. The standard InChI is InChI=1S/C41H77NO3/c1-3-5-7-9-11-13-15-17-19-20-21-22-23-24-26-28-30-32-34-36-40(44)39(38-43)42-41(45)37-35-33-31-29-27-25-18-16-14-12-10-8-6-4-2/h21-22,26,28,34,36,39-40,43-44H,3-20,23-25,27,29-33,35,37-38H2,1-2H3,(H,42,45)/b22-21+,28-26+,36-34+. The van der Waals surface area contributed by atoms with Gasteiger partial charge in [0.25, 0.3) is 0 Å². The van der Waals surface area contributed by atoms with Crippen molar-refractivity contribution in [2.24, 2.45) is 0 Å². The zero-order chi connectivity index (χ0) is 32.9. The third kappa shape index (κ3) is 33.8. The molecule has 0 saturated heterocycles. The molecule has 0 aliphatic carbocycles. The van der Waals surface area contributed by atoms with Gasteiger partial charge in [-0.05, 0) is 44.9 Å². The van der Waals surface area contributed by atoms with Crippen LogP contribution in [0.4, 0.5) is 0 Å². The summed E-state index contributed by atoms with van der Waals surface area (Å²) in [5.74, 6) is -0.0782. The lowest BCUT2D eigenvalue weighted by Gasteiger charge is -2.19. The second-order valence-corrected chi connectivity index (χ2v) is 13.3. The van der Waals surface area contributed by atoms with Crippen LogP contribution in [0.25, 0.3) is 0 Å². The van der Waals surface area contributed by atoms with Crippen molar-refractivity contribution in [1.82, 2.24) is 5.32 Å². The topological polar surface area (TPSA) is 69.6 Å². The van der Waals surface area contributed by atoms with Gasteiger partial charge in [-0.3, -0.25) is 4.79 Å². The number of rotatable bonds is 35. The highest BCUT2D eigenvalue weighted by molar-refractivity contribution is 5.76. The zero-order valence-corrected chi connectivity index (χ0v) is 30.1. The van der Waals surface area contributed by atoms with Gasteiger partial charge < -0.3 is 15.5 Å². The first kappa shape index (κ1) is 43.6. The highest BCUT2D eigenvalue weighted by Gasteiger charge is 2.17. The number of aliphatic hydroxyl groups is 2. The summed E-state index contributed by atoms with van der Waals surface area (Å²) in [6.45, 7) is 4.28. The fourth-order valence-electron chi connectivity index (χ4n) is 5.80. The van der Waals surface area contributed by atoms with Crippen molar-refractivity contribution < 1.29 is 15.0 Å². The van der Waals surface area contributed by atoms with Gasteiger partial charge in [0.15, 0.2) is 0 Å². The van der Waals surface area contributed by atoms with Crippen molar-refractivity contribution in [2.45, 2.75) is 212 Å². The maximum Gasteiger partial charge on any atom is 0.220 e. The highest BCUT2D eigenvalue weighted by Crippen LogP contribution is 2.14. The first-order chi connectivity index (χ1) is 22.2. The summed E-state index contributed by atoms with van der Waals surface area (Å²) in [6, 6.07) is -0.640. The van der Waals surface area contributed by atoms with Crippen LogP contribution in [0.5, 0.6) is 0 Å². The van der Waals surface area contributed by atoms with Gasteiger partial charge in [-0.15, -0.1) is 0 Å². The number of allylic oxidation sites excluding steroid dienone is 5. The van der Waals surface area contributed by atoms with Crippen molar-refractivity contribution in [3.05, 3.63) is 36.5 Å². The van der Waals surface area contributed by atoms with Gasteiger partial charge in [-0.25, -0.2) is 0 Å². The first-order valence-electron chi connectivity index (χ1n) is 19.7. The molecule has 0 bridgehead atoms. The Bertz CT molecular complexity index is 686. The predicted molar refractivity (Wildman–Crippen MR) is 198 cm³/mol. The number of nitrogens with one attached hydrogen (secondary N) is 1. The molecule has 4 heteroatoms. The number of hydrogen-bond donors (Lipinski definition) is 3. The quantitative estimate of drug-likeness (QED) is 0.0481. The van der Waals surface area contributed by atoms with E-state index in [0.717, 1.165) is 38.5 Å². The van der Waals surface area contributed by atoms with Crippen LogP contribution in [0.1, 0.15) is 200 Å². The molecule has 2 unspecified atom stereocenters. The van der Waals surface area contributed by atoms with Crippen LogP contribution in [0.15, 0.2) is 36.5 Å². The Morgan fingerprint density at radius 1 is 0.511 bits per heavy atom. The van der Waals surface area contributed by atoms with Crippen LogP contribution < -0.4 is 5.32 Å². The average molecular weight is 632 g/mol. The Morgan fingerprint density at radius 3 is 1.29 bits per heavy atom. The summed E-state index contributed by atoms with van der Waals surface area (Å²) in [6.07, 6.45) is 48.1. The van der Waals surface area contributed by atoms with Crippen molar-refractivity contribution >= 4 is 5.91 Å². The molecule has 0 aromatic carbocycles. The van der Waals surface area contributed by atoms with Gasteiger partial charge in [0.2, 0.25) is 5.91 Å². The number of carbonyl (C=O) groups excluding carboxylic acids is 1. The maximum atomic E-state index is 12.3. The smallest absolute Gasteiger partial charge is 0.220 e. The van der Waals surface area contributed by atoms with Crippen molar-refractivity contribution in [1.29, 1.82) is 0 Å². The molecule has 0 rings (SSSR count). The minimum absolute atomic E-state index is 0.0782. The van der Waals surface area contributed by atoms with E-state index in [1.54, 1.807) is 6.08 Å². The van der Waals surface area contributed by atoms with E-state index in [0.29, 0.717) is 6.42 Å². The summed E-state index contributed by atoms with van der Waals surface area (Å²) < 4.78 is 0. The van der Waals surface area contributed by atoms with Crippen LogP contribution in [0.2, 0.25) is 0 Å². The Balaban J connectivity index is 3.68. The maximum absolute atomic E-state index is 12.3. The second-order valence-electron chi connectivity index (χ2n) is 13.3. The van der Waals surface area contributed by atoms with Crippen molar-refractivity contribution in [3.63, 3.8) is 0 Å². The molecule has 3 N–H and O–H groups in total. The van der Waals surface area contributed by atoms with E-state index in [1.165, 1.54) is 141 Å². The number of carbonyl (C=O) groups is 1. The number of unbranched alkanes of at least 4 members (excludes halogenated alkanes) is 24. The third-order valence-electron chi connectivity index (χ3n) is 8.85. The fraction of sp³-hybridized carbons (Fsp3) is 0.829. The molecule has 0 aliphatic rings. The highest BCUT2D eigenvalue weighted by atomic mass is 16.3. The average Bonchev–Trinajstić information content (AvgIpc) is 3.04. The predicted octanol–water partition coefficient (Wildman–Crippen LogP) is 11.8. The lowest BCUT2D eigenvalue weighted by atomic mass is 10.0. The molecule has 0 heterocycles. The Labute approximate surface area is 281 Å². The molecule has 1 amide bonds. The number of aliphatic hydroxyl groups excluding tert-OH is 2. The van der Waals surface area contributed by atoms with Gasteiger partial charge in [0.1, 0.15) is 0 Å². The van der Waals surface area contributed by atoms with E-state index in [-0.39, 0.29) is 12.5 Å². The summed E-state index contributed by atoms with van der Waals surface area (Å²) in [5, 5.41) is 22.9. The minimum atomic E-state index is -0.866. The molecule has 0 aromatic heterocycles. The van der Waals surface area contributed by atoms with Crippen molar-refractivity contribution in [2.75, 3.05) is 6.61 Å². The monoisotopic (exact) mass is 632 g/mol. The zero-order valence-electron chi connectivity index (χ0n) is 30.1. The largest absolute Gasteiger partial charge is 0.394 e. The van der Waals surface area contributed by atoms with Crippen LogP contribution in [0, 0.1) is 0 Å². The van der Waals surface area contributed by atoms with E-state index in [4.69, 9.17) is 0 Å². The minimum Gasteiger partial charge on any atom is -0.394 e. The van der Waals surface area contributed by atoms with Crippen LogP contribution in [-0.4, -0.2) is 34.9 Å². The van der Waals surface area contributed by atoms with E-state index in [1.807, 2.05) is 6.08 Å². The lowest BCUT2D eigenvalue weighted by Crippen LogP contribution is -2.45. The van der Waals surface area contributed by atoms with E-state index in [9.17, 15) is 15.0 Å². The molecule has 4 nitrogen and oxygen atoms in total. The number of amides is 1. The Hall–Kier alpha value is -1.39. The molecule has 264 valence electrons. The molecule has 0 aromatic rings. The molecule has 0 radical (unpaired) electrons. The van der Waals surface area contributed by atoms with Crippen LogP contribution in [0.3, 0.4) is 0 Å². The van der Waals surface area contributed by atoms with E-state index >= 15 is 0 Å². The lowest BCUT2D eigenvalue weighted by molar-refractivity contribution is -0.123. The molecule has 0 spiro atoms. The fourth-order valence-corrected chi connectivity index (χ4v) is 5.80. The van der Waals surface area contributed by atoms with Gasteiger partial charge in [-0.2, -0.15) is 0 Å². The third-order valence-corrected chi connectivity index (χ3v) is 8.85. The molecule has 0 aliphatic heterocycles. The Kier molecular flexibility index (Phi) is 35.9. The molecule has 45 heavy (non-hydrogen) atoms. The van der Waals surface area contributed by atoms with Gasteiger partial charge in [0.05, 0.1) is 18.8 Å². The van der Waals surface area contributed by atoms with E-state index in [2.05, 4.69) is 43.5 Å². The normalized spacial score (nSPS) is 13.4. The summed E-state index contributed by atoms with van der Waals surface area (Å²) in [7, 11) is 0. The molecule has 0 saturated carbocycles. The van der Waals surface area contributed by atoms with Crippen LogP contribution >= 0.6 is 0 Å². The molecular formula is C41H77NO3. The molecular weight excluding hydrogens is 554 g/mol. The van der Waals surface area contributed by atoms with Gasteiger partial charge >= 0.3 is 0 Å². The van der Waals surface area contributed by atoms with Gasteiger partial charge in [-0.1, -0.05) is 185 Å². The number of hydrogen-bond acceptors (Lipinski definition) is 3. The van der Waals surface area contributed by atoms with E-state index < -0.39 is 12.1 Å². The molecule has 0 fully saturated rings. The summed E-state index contributed by atoms with van der Waals surface area (Å²) >= 11 is 0. The Morgan fingerprint density at radius 2 is 0.867 bits per heavy atom.